The zero-order chi connectivity index (χ0) is 14.0. The molecule has 0 radical (unpaired) electrons. The Balaban J connectivity index is 2.20. The van der Waals surface area contributed by atoms with E-state index in [1.807, 2.05) is 0 Å². The van der Waals surface area contributed by atoms with Gasteiger partial charge in [-0.2, -0.15) is 0 Å². The van der Waals surface area contributed by atoms with Crippen LogP contribution in [0.5, 0.6) is 0 Å². The molecule has 0 saturated heterocycles. The van der Waals surface area contributed by atoms with E-state index >= 15 is 0 Å². The maximum atomic E-state index is 13.1. The van der Waals surface area contributed by atoms with Gasteiger partial charge in [-0.05, 0) is 41.8 Å². The van der Waals surface area contributed by atoms with Gasteiger partial charge in [0.15, 0.2) is 17.5 Å². The highest BCUT2D eigenvalue weighted by Gasteiger charge is 2.16. The van der Waals surface area contributed by atoms with E-state index in [0.29, 0.717) is 11.4 Å². The molecule has 0 bridgehead atoms. The molecule has 5 heteroatoms. The molecule has 19 heavy (non-hydrogen) atoms. The van der Waals surface area contributed by atoms with Crippen LogP contribution in [0.3, 0.4) is 0 Å². The molecule has 1 atom stereocenters. The van der Waals surface area contributed by atoms with Gasteiger partial charge in [-0.15, -0.1) is 11.6 Å². The molecule has 0 saturated carbocycles. The van der Waals surface area contributed by atoms with Crippen LogP contribution < -0.4 is 0 Å². The van der Waals surface area contributed by atoms with E-state index in [1.54, 1.807) is 24.3 Å². The molecule has 1 unspecified atom stereocenters. The fourth-order valence-corrected chi connectivity index (χ4v) is 2.13. The fraction of sp³-hybridized carbons (Fsp3) is 0.143. The molecule has 0 spiro atoms. The summed E-state index contributed by atoms with van der Waals surface area (Å²) in [4.78, 5) is 0. The Kier molecular flexibility index (Phi) is 4.38. The number of hydrogen-bond donors (Lipinski definition) is 0. The molecule has 0 N–H and O–H groups in total. The molecule has 0 heterocycles. The Morgan fingerprint density at radius 3 is 2.00 bits per heavy atom. The number of hydrogen-bond acceptors (Lipinski definition) is 0. The maximum absolute atomic E-state index is 13.1. The van der Waals surface area contributed by atoms with Crippen molar-refractivity contribution in [1.29, 1.82) is 0 Å². The molecular formula is C14H9Cl2F3. The van der Waals surface area contributed by atoms with E-state index in [9.17, 15) is 13.2 Å². The maximum Gasteiger partial charge on any atom is 0.194 e. The molecule has 0 aliphatic rings. The van der Waals surface area contributed by atoms with E-state index in [4.69, 9.17) is 23.2 Å². The van der Waals surface area contributed by atoms with Gasteiger partial charge in [-0.3, -0.25) is 0 Å². The molecule has 0 amide bonds. The van der Waals surface area contributed by atoms with Gasteiger partial charge < -0.3 is 0 Å². The summed E-state index contributed by atoms with van der Waals surface area (Å²) in [5.74, 6) is -3.97. The van der Waals surface area contributed by atoms with Gasteiger partial charge in [0, 0.05) is 5.02 Å². The summed E-state index contributed by atoms with van der Waals surface area (Å²) in [5, 5.41) is -0.0560. The van der Waals surface area contributed by atoms with E-state index in [1.165, 1.54) is 0 Å². The standard InChI is InChI=1S/C14H9Cl2F3/c15-10-3-1-8(2-4-10)5-11(16)9-6-12(17)14(19)13(18)7-9/h1-4,6-7,11H,5H2. The number of alkyl halides is 1. The summed E-state index contributed by atoms with van der Waals surface area (Å²) in [5.41, 5.74) is 1.07. The van der Waals surface area contributed by atoms with Gasteiger partial charge in [-0.1, -0.05) is 23.7 Å². The van der Waals surface area contributed by atoms with Gasteiger partial charge >= 0.3 is 0 Å². The summed E-state index contributed by atoms with van der Waals surface area (Å²) >= 11 is 11.8. The fourth-order valence-electron chi connectivity index (χ4n) is 1.70. The van der Waals surface area contributed by atoms with Crippen LogP contribution >= 0.6 is 23.2 Å². The highest BCUT2D eigenvalue weighted by Crippen LogP contribution is 2.28. The first-order valence-electron chi connectivity index (χ1n) is 5.50. The molecule has 2 rings (SSSR count). The predicted molar refractivity (Wildman–Crippen MR) is 70.1 cm³/mol. The molecular weight excluding hydrogens is 296 g/mol. The first kappa shape index (κ1) is 14.2. The van der Waals surface area contributed by atoms with Crippen molar-refractivity contribution in [3.8, 4) is 0 Å². The lowest BCUT2D eigenvalue weighted by atomic mass is 10.0. The second-order valence-corrected chi connectivity index (χ2v) is 5.06. The van der Waals surface area contributed by atoms with Gasteiger partial charge in [0.2, 0.25) is 0 Å². The number of rotatable bonds is 3. The quantitative estimate of drug-likeness (QED) is 0.534. The average Bonchev–Trinajstić information content (AvgIpc) is 2.38. The highest BCUT2D eigenvalue weighted by molar-refractivity contribution is 6.30. The van der Waals surface area contributed by atoms with E-state index in [0.717, 1.165) is 17.7 Å². The minimum absolute atomic E-state index is 0.202. The monoisotopic (exact) mass is 304 g/mol. The zero-order valence-electron chi connectivity index (χ0n) is 9.64. The molecule has 100 valence electrons. The Morgan fingerprint density at radius 2 is 1.47 bits per heavy atom. The third-order valence-electron chi connectivity index (χ3n) is 2.70. The van der Waals surface area contributed by atoms with Crippen molar-refractivity contribution < 1.29 is 13.2 Å². The lowest BCUT2D eigenvalue weighted by Crippen LogP contribution is -2.00. The number of benzene rings is 2. The van der Waals surface area contributed by atoms with Crippen LogP contribution in [-0.2, 0) is 6.42 Å². The van der Waals surface area contributed by atoms with Crippen molar-refractivity contribution in [1.82, 2.24) is 0 Å². The molecule has 0 nitrogen and oxygen atoms in total. The third-order valence-corrected chi connectivity index (χ3v) is 3.35. The summed E-state index contributed by atoms with van der Waals surface area (Å²) in [6, 6.07) is 8.76. The predicted octanol–water partition coefficient (Wildman–Crippen LogP) is 5.28. The van der Waals surface area contributed by atoms with Gasteiger partial charge in [0.1, 0.15) is 0 Å². The summed E-state index contributed by atoms with van der Waals surface area (Å²) < 4.78 is 39.0. The average molecular weight is 305 g/mol. The number of halogens is 5. The van der Waals surface area contributed by atoms with Crippen molar-refractivity contribution in [2.24, 2.45) is 0 Å². The smallest absolute Gasteiger partial charge is 0.194 e. The van der Waals surface area contributed by atoms with Crippen molar-refractivity contribution in [2.75, 3.05) is 0 Å². The van der Waals surface area contributed by atoms with E-state index in [-0.39, 0.29) is 5.56 Å². The van der Waals surface area contributed by atoms with Crippen LogP contribution in [0.25, 0.3) is 0 Å². The van der Waals surface area contributed by atoms with Crippen LogP contribution in [0.4, 0.5) is 13.2 Å². The normalized spacial score (nSPS) is 12.5. The summed E-state index contributed by atoms with van der Waals surface area (Å²) in [6.45, 7) is 0. The lowest BCUT2D eigenvalue weighted by molar-refractivity contribution is 0.445. The van der Waals surface area contributed by atoms with Crippen LogP contribution in [0, 0.1) is 17.5 Å². The largest absolute Gasteiger partial charge is 0.204 e. The zero-order valence-corrected chi connectivity index (χ0v) is 11.2. The topological polar surface area (TPSA) is 0 Å². The molecule has 0 fully saturated rings. The van der Waals surface area contributed by atoms with Crippen molar-refractivity contribution >= 4 is 23.2 Å². The Bertz CT molecular complexity index is 559. The van der Waals surface area contributed by atoms with Crippen molar-refractivity contribution in [3.05, 3.63) is 70.0 Å². The summed E-state index contributed by atoms with van der Waals surface area (Å²) in [7, 11) is 0. The van der Waals surface area contributed by atoms with Gasteiger partial charge in [0.05, 0.1) is 5.38 Å². The van der Waals surface area contributed by atoms with Crippen LogP contribution in [-0.4, -0.2) is 0 Å². The molecule has 2 aromatic carbocycles. The first-order valence-corrected chi connectivity index (χ1v) is 6.32. The minimum atomic E-state index is -1.49. The molecule has 0 aromatic heterocycles. The van der Waals surface area contributed by atoms with Crippen LogP contribution in [0.15, 0.2) is 36.4 Å². The second kappa shape index (κ2) is 5.85. The Hall–Kier alpha value is -1.19. The first-order chi connectivity index (χ1) is 8.97. The SMILES string of the molecule is Fc1cc(C(Cl)Cc2ccc(Cl)cc2)cc(F)c1F. The second-order valence-electron chi connectivity index (χ2n) is 4.10. The van der Waals surface area contributed by atoms with Crippen LogP contribution in [0.1, 0.15) is 16.5 Å². The highest BCUT2D eigenvalue weighted by atomic mass is 35.5. The Labute approximate surface area is 118 Å². The van der Waals surface area contributed by atoms with Crippen molar-refractivity contribution in [2.45, 2.75) is 11.8 Å². The lowest BCUT2D eigenvalue weighted by Gasteiger charge is -2.11. The van der Waals surface area contributed by atoms with Crippen molar-refractivity contribution in [3.63, 3.8) is 0 Å². The van der Waals surface area contributed by atoms with Gasteiger partial charge in [0.25, 0.3) is 0 Å². The van der Waals surface area contributed by atoms with E-state index < -0.39 is 22.8 Å². The van der Waals surface area contributed by atoms with Gasteiger partial charge in [-0.25, -0.2) is 13.2 Å². The Morgan fingerprint density at radius 1 is 0.947 bits per heavy atom. The van der Waals surface area contributed by atoms with E-state index in [2.05, 4.69) is 0 Å². The molecule has 2 aromatic rings. The molecule has 0 aliphatic carbocycles. The van der Waals surface area contributed by atoms with Crippen LogP contribution in [0.2, 0.25) is 5.02 Å². The molecule has 0 aliphatic heterocycles. The summed E-state index contributed by atoms with van der Waals surface area (Å²) in [6.07, 6.45) is 0.364. The minimum Gasteiger partial charge on any atom is -0.204 e. The third kappa shape index (κ3) is 3.43.